The standard InChI is InChI=1S/C11H11N3O2/c1-14-10(12-8-13-14)11(15)16-7-9-5-3-2-4-6-9/h2-6,8H,7H2,1H3. The van der Waals surface area contributed by atoms with Crippen molar-refractivity contribution in [2.45, 2.75) is 6.61 Å². The highest BCUT2D eigenvalue weighted by Crippen LogP contribution is 2.03. The summed E-state index contributed by atoms with van der Waals surface area (Å²) in [5, 5.41) is 3.80. The monoisotopic (exact) mass is 217 g/mol. The Morgan fingerprint density at radius 3 is 2.75 bits per heavy atom. The highest BCUT2D eigenvalue weighted by Gasteiger charge is 2.12. The zero-order valence-corrected chi connectivity index (χ0v) is 8.83. The van der Waals surface area contributed by atoms with Gasteiger partial charge in [-0.15, -0.1) is 0 Å². The van der Waals surface area contributed by atoms with Crippen molar-refractivity contribution in [3.63, 3.8) is 0 Å². The average molecular weight is 217 g/mol. The third-order valence-corrected chi connectivity index (χ3v) is 2.11. The molecule has 0 aliphatic carbocycles. The average Bonchev–Trinajstić information content (AvgIpc) is 2.74. The maximum Gasteiger partial charge on any atom is 0.376 e. The number of benzene rings is 1. The van der Waals surface area contributed by atoms with Crippen LogP contribution < -0.4 is 0 Å². The molecule has 0 atom stereocenters. The van der Waals surface area contributed by atoms with Gasteiger partial charge in [0.2, 0.25) is 5.82 Å². The van der Waals surface area contributed by atoms with Crippen molar-refractivity contribution >= 4 is 5.97 Å². The number of ether oxygens (including phenoxy) is 1. The summed E-state index contributed by atoms with van der Waals surface area (Å²) >= 11 is 0. The van der Waals surface area contributed by atoms with Gasteiger partial charge in [0.15, 0.2) is 0 Å². The second-order valence-electron chi connectivity index (χ2n) is 3.27. The van der Waals surface area contributed by atoms with Crippen LogP contribution in [0.2, 0.25) is 0 Å². The second kappa shape index (κ2) is 4.57. The smallest absolute Gasteiger partial charge is 0.376 e. The van der Waals surface area contributed by atoms with E-state index in [-0.39, 0.29) is 12.4 Å². The molecule has 0 aliphatic heterocycles. The molecule has 1 aromatic carbocycles. The zero-order valence-electron chi connectivity index (χ0n) is 8.83. The van der Waals surface area contributed by atoms with Crippen LogP contribution in [0, 0.1) is 0 Å². The normalized spacial score (nSPS) is 10.1. The molecule has 2 rings (SSSR count). The molecule has 0 radical (unpaired) electrons. The summed E-state index contributed by atoms with van der Waals surface area (Å²) in [4.78, 5) is 15.4. The summed E-state index contributed by atoms with van der Waals surface area (Å²) in [5.41, 5.74) is 0.943. The molecule has 0 saturated heterocycles. The molecule has 0 aliphatic rings. The van der Waals surface area contributed by atoms with Crippen LogP contribution in [-0.4, -0.2) is 20.7 Å². The van der Waals surface area contributed by atoms with Crippen LogP contribution in [0.4, 0.5) is 0 Å². The molecular formula is C11H11N3O2. The van der Waals surface area contributed by atoms with Crippen molar-refractivity contribution < 1.29 is 9.53 Å². The number of hydrogen-bond donors (Lipinski definition) is 0. The van der Waals surface area contributed by atoms with Gasteiger partial charge in [-0.3, -0.25) is 0 Å². The predicted molar refractivity (Wildman–Crippen MR) is 56.6 cm³/mol. The van der Waals surface area contributed by atoms with Crippen LogP contribution >= 0.6 is 0 Å². The van der Waals surface area contributed by atoms with Gasteiger partial charge in [0.05, 0.1) is 0 Å². The topological polar surface area (TPSA) is 57.0 Å². The minimum Gasteiger partial charge on any atom is -0.455 e. The number of hydrogen-bond acceptors (Lipinski definition) is 4. The van der Waals surface area contributed by atoms with Gasteiger partial charge >= 0.3 is 5.97 Å². The van der Waals surface area contributed by atoms with Crippen LogP contribution in [-0.2, 0) is 18.4 Å². The van der Waals surface area contributed by atoms with Gasteiger partial charge in [0.25, 0.3) is 0 Å². The minimum atomic E-state index is -0.469. The van der Waals surface area contributed by atoms with Crippen molar-refractivity contribution in [1.82, 2.24) is 14.8 Å². The summed E-state index contributed by atoms with van der Waals surface area (Å²) in [5.74, 6) is -0.264. The van der Waals surface area contributed by atoms with E-state index in [0.29, 0.717) is 0 Å². The number of esters is 1. The molecule has 0 bridgehead atoms. The molecule has 0 spiro atoms. The first-order valence-electron chi connectivity index (χ1n) is 4.82. The maximum atomic E-state index is 11.6. The van der Waals surface area contributed by atoms with Crippen LogP contribution in [0.5, 0.6) is 0 Å². The fraction of sp³-hybridized carbons (Fsp3) is 0.182. The first kappa shape index (κ1) is 10.4. The Balaban J connectivity index is 1.97. The SMILES string of the molecule is Cn1ncnc1C(=O)OCc1ccccc1. The Bertz CT molecular complexity index is 479. The molecule has 0 amide bonds. The van der Waals surface area contributed by atoms with E-state index < -0.39 is 5.97 Å². The van der Waals surface area contributed by atoms with E-state index in [9.17, 15) is 4.79 Å². The highest BCUT2D eigenvalue weighted by atomic mass is 16.5. The Morgan fingerprint density at radius 2 is 2.12 bits per heavy atom. The van der Waals surface area contributed by atoms with Crippen molar-refractivity contribution in [2.75, 3.05) is 0 Å². The molecule has 1 heterocycles. The first-order valence-corrected chi connectivity index (χ1v) is 4.82. The molecule has 2 aromatic rings. The van der Waals surface area contributed by atoms with Gasteiger partial charge in [0.1, 0.15) is 12.9 Å². The van der Waals surface area contributed by atoms with Crippen LogP contribution in [0.1, 0.15) is 16.2 Å². The Kier molecular flexibility index (Phi) is 2.95. The molecule has 0 N–H and O–H groups in total. The summed E-state index contributed by atoms with van der Waals surface area (Å²) in [7, 11) is 1.64. The minimum absolute atomic E-state index is 0.205. The number of carbonyl (C=O) groups is 1. The van der Waals surface area contributed by atoms with E-state index in [0.717, 1.165) is 5.56 Å². The lowest BCUT2D eigenvalue weighted by Crippen LogP contribution is -2.12. The van der Waals surface area contributed by atoms with E-state index in [2.05, 4.69) is 10.1 Å². The van der Waals surface area contributed by atoms with Gasteiger partial charge in [-0.05, 0) is 5.56 Å². The molecule has 0 saturated carbocycles. The van der Waals surface area contributed by atoms with Gasteiger partial charge in [0, 0.05) is 7.05 Å². The zero-order chi connectivity index (χ0) is 11.4. The largest absolute Gasteiger partial charge is 0.455 e. The molecule has 5 heteroatoms. The number of aromatic nitrogens is 3. The molecule has 5 nitrogen and oxygen atoms in total. The summed E-state index contributed by atoms with van der Waals surface area (Å²) in [6.07, 6.45) is 1.32. The second-order valence-corrected chi connectivity index (χ2v) is 3.27. The van der Waals surface area contributed by atoms with Gasteiger partial charge in [-0.25, -0.2) is 14.5 Å². The molecule has 1 aromatic heterocycles. The molecule has 0 fully saturated rings. The molecular weight excluding hydrogens is 206 g/mol. The van der Waals surface area contributed by atoms with E-state index >= 15 is 0 Å². The number of nitrogens with zero attached hydrogens (tertiary/aromatic N) is 3. The number of rotatable bonds is 3. The number of aryl methyl sites for hydroxylation is 1. The lowest BCUT2D eigenvalue weighted by atomic mass is 10.2. The Hall–Kier alpha value is -2.17. The third kappa shape index (κ3) is 2.25. The lowest BCUT2D eigenvalue weighted by molar-refractivity contribution is 0.0452. The third-order valence-electron chi connectivity index (χ3n) is 2.11. The fourth-order valence-electron chi connectivity index (χ4n) is 1.27. The quantitative estimate of drug-likeness (QED) is 0.724. The summed E-state index contributed by atoms with van der Waals surface area (Å²) < 4.78 is 6.47. The lowest BCUT2D eigenvalue weighted by Gasteiger charge is -2.03. The van der Waals surface area contributed by atoms with Crippen molar-refractivity contribution in [1.29, 1.82) is 0 Å². The van der Waals surface area contributed by atoms with E-state index in [1.807, 2.05) is 30.3 Å². The van der Waals surface area contributed by atoms with Crippen LogP contribution in [0.25, 0.3) is 0 Å². The fourth-order valence-corrected chi connectivity index (χ4v) is 1.27. The van der Waals surface area contributed by atoms with Crippen molar-refractivity contribution in [2.24, 2.45) is 7.05 Å². The Labute approximate surface area is 92.7 Å². The van der Waals surface area contributed by atoms with E-state index in [1.54, 1.807) is 7.05 Å². The summed E-state index contributed by atoms with van der Waals surface area (Å²) in [6, 6.07) is 9.49. The number of carbonyl (C=O) groups excluding carboxylic acids is 1. The predicted octanol–water partition coefficient (Wildman–Crippen LogP) is 1.17. The molecule has 0 unspecified atom stereocenters. The van der Waals surface area contributed by atoms with Gasteiger partial charge in [-0.1, -0.05) is 30.3 Å². The maximum absolute atomic E-state index is 11.6. The highest BCUT2D eigenvalue weighted by molar-refractivity contribution is 5.85. The first-order chi connectivity index (χ1) is 7.77. The molecule has 82 valence electrons. The summed E-state index contributed by atoms with van der Waals surface area (Å²) in [6.45, 7) is 0.243. The van der Waals surface area contributed by atoms with E-state index in [4.69, 9.17) is 4.74 Å². The van der Waals surface area contributed by atoms with Crippen molar-refractivity contribution in [3.05, 3.63) is 48.0 Å². The Morgan fingerprint density at radius 1 is 1.38 bits per heavy atom. The van der Waals surface area contributed by atoms with Crippen LogP contribution in [0.3, 0.4) is 0 Å². The van der Waals surface area contributed by atoms with Gasteiger partial charge in [-0.2, -0.15) is 5.10 Å². The van der Waals surface area contributed by atoms with Crippen molar-refractivity contribution in [3.8, 4) is 0 Å². The van der Waals surface area contributed by atoms with E-state index in [1.165, 1.54) is 11.0 Å². The van der Waals surface area contributed by atoms with Gasteiger partial charge < -0.3 is 4.74 Å². The molecule has 16 heavy (non-hydrogen) atoms. The van der Waals surface area contributed by atoms with Crippen LogP contribution in [0.15, 0.2) is 36.7 Å².